The Hall–Kier alpha value is -1.05. The van der Waals surface area contributed by atoms with Crippen LogP contribution >= 0.6 is 24.0 Å². The molecular weight excluding hydrogens is 384 g/mol. The number of hydrogen-bond acceptors (Lipinski definition) is 2. The first-order valence-electron chi connectivity index (χ1n) is 6.98. The van der Waals surface area contributed by atoms with Crippen molar-refractivity contribution >= 4 is 29.9 Å². The third-order valence-electron chi connectivity index (χ3n) is 2.43. The Labute approximate surface area is 143 Å². The topological polar surface area (TPSA) is 45.7 Å². The Kier molecular flexibility index (Phi) is 10.1. The van der Waals surface area contributed by atoms with Gasteiger partial charge in [-0.25, -0.2) is 9.38 Å². The second-order valence-corrected chi connectivity index (χ2v) is 4.90. The molecule has 0 spiro atoms. The first-order valence-corrected chi connectivity index (χ1v) is 6.98. The normalized spacial score (nSPS) is 12.6. The minimum Gasteiger partial charge on any atom is -0.489 e. The van der Waals surface area contributed by atoms with E-state index in [-0.39, 0.29) is 35.9 Å². The molecule has 0 saturated carbocycles. The van der Waals surface area contributed by atoms with Gasteiger partial charge in [0.2, 0.25) is 0 Å². The fraction of sp³-hybridized carbons (Fsp3) is 0.533. The third-order valence-corrected chi connectivity index (χ3v) is 2.43. The van der Waals surface area contributed by atoms with E-state index < -0.39 is 0 Å². The van der Waals surface area contributed by atoms with Crippen LogP contribution in [0.4, 0.5) is 4.39 Å². The van der Waals surface area contributed by atoms with Gasteiger partial charge in [0.25, 0.3) is 0 Å². The molecule has 0 heterocycles. The largest absolute Gasteiger partial charge is 0.489 e. The minimum atomic E-state index is -0.265. The molecule has 4 nitrogen and oxygen atoms in total. The fourth-order valence-electron chi connectivity index (χ4n) is 1.60. The monoisotopic (exact) mass is 409 g/mol. The number of rotatable bonds is 6. The first kappa shape index (κ1) is 19.9. The molecule has 21 heavy (non-hydrogen) atoms. The molecule has 0 saturated heterocycles. The van der Waals surface area contributed by atoms with E-state index in [9.17, 15) is 4.39 Å². The number of nitrogens with one attached hydrogen (secondary N) is 2. The molecule has 0 bridgehead atoms. The zero-order valence-electron chi connectivity index (χ0n) is 13.0. The summed E-state index contributed by atoms with van der Waals surface area (Å²) in [7, 11) is 0. The van der Waals surface area contributed by atoms with Gasteiger partial charge in [0.1, 0.15) is 17.7 Å². The summed E-state index contributed by atoms with van der Waals surface area (Å²) in [4.78, 5) is 4.46. The third kappa shape index (κ3) is 8.75. The van der Waals surface area contributed by atoms with Crippen molar-refractivity contribution in [2.24, 2.45) is 4.99 Å². The van der Waals surface area contributed by atoms with Gasteiger partial charge in [0.05, 0.1) is 6.54 Å². The molecule has 1 aromatic rings. The molecule has 120 valence electrons. The lowest BCUT2D eigenvalue weighted by Gasteiger charge is -2.16. The molecule has 2 N–H and O–H groups in total. The van der Waals surface area contributed by atoms with Crippen LogP contribution in [0.15, 0.2) is 29.3 Å². The lowest BCUT2D eigenvalue weighted by atomic mass is 10.3. The van der Waals surface area contributed by atoms with Gasteiger partial charge in [-0.3, -0.25) is 0 Å². The lowest BCUT2D eigenvalue weighted by Crippen LogP contribution is -2.41. The molecular formula is C15H25FIN3O. The van der Waals surface area contributed by atoms with Crippen LogP contribution in [-0.4, -0.2) is 31.2 Å². The summed E-state index contributed by atoms with van der Waals surface area (Å²) in [5.74, 6) is 1.16. The van der Waals surface area contributed by atoms with Crippen LogP contribution in [0.2, 0.25) is 0 Å². The van der Waals surface area contributed by atoms with Crippen molar-refractivity contribution in [2.75, 3.05) is 13.1 Å². The van der Waals surface area contributed by atoms with Gasteiger partial charge >= 0.3 is 0 Å². The molecule has 1 rings (SSSR count). The van der Waals surface area contributed by atoms with Gasteiger partial charge in [-0.1, -0.05) is 0 Å². The van der Waals surface area contributed by atoms with E-state index in [0.717, 1.165) is 12.5 Å². The van der Waals surface area contributed by atoms with Crippen LogP contribution in [-0.2, 0) is 0 Å². The van der Waals surface area contributed by atoms with Gasteiger partial charge in [0, 0.05) is 12.6 Å². The Balaban J connectivity index is 0.00000400. The quantitative estimate of drug-likeness (QED) is 0.431. The molecule has 0 aromatic heterocycles. The number of guanidine groups is 1. The second kappa shape index (κ2) is 10.6. The van der Waals surface area contributed by atoms with Crippen molar-refractivity contribution in [3.63, 3.8) is 0 Å². The smallest absolute Gasteiger partial charge is 0.191 e. The molecule has 0 amide bonds. The standard InChI is InChI=1S/C15H24FN3O.HI/c1-5-17-15(19-11(2)3)18-10-12(4)20-14-8-6-13(16)7-9-14;/h6-9,11-12H,5,10H2,1-4H3,(H2,17,18,19);1H. The summed E-state index contributed by atoms with van der Waals surface area (Å²) >= 11 is 0. The maximum Gasteiger partial charge on any atom is 0.191 e. The van der Waals surface area contributed by atoms with Crippen LogP contribution < -0.4 is 15.4 Å². The number of ether oxygens (including phenoxy) is 1. The molecule has 0 aliphatic carbocycles. The molecule has 6 heteroatoms. The Morgan fingerprint density at radius 3 is 2.38 bits per heavy atom. The molecule has 0 aliphatic heterocycles. The molecule has 1 unspecified atom stereocenters. The van der Waals surface area contributed by atoms with Crippen molar-refractivity contribution < 1.29 is 9.13 Å². The van der Waals surface area contributed by atoms with E-state index >= 15 is 0 Å². The highest BCUT2D eigenvalue weighted by Gasteiger charge is 2.05. The van der Waals surface area contributed by atoms with Crippen molar-refractivity contribution in [1.29, 1.82) is 0 Å². The van der Waals surface area contributed by atoms with E-state index in [1.807, 2.05) is 13.8 Å². The van der Waals surface area contributed by atoms with Gasteiger partial charge in [-0.2, -0.15) is 0 Å². The second-order valence-electron chi connectivity index (χ2n) is 4.90. The van der Waals surface area contributed by atoms with Crippen LogP contribution in [0.25, 0.3) is 0 Å². The highest BCUT2D eigenvalue weighted by Crippen LogP contribution is 2.12. The van der Waals surface area contributed by atoms with Gasteiger partial charge < -0.3 is 15.4 Å². The van der Waals surface area contributed by atoms with Crippen molar-refractivity contribution in [2.45, 2.75) is 39.8 Å². The van der Waals surface area contributed by atoms with E-state index in [2.05, 4.69) is 29.5 Å². The first-order chi connectivity index (χ1) is 9.51. The van der Waals surface area contributed by atoms with Gasteiger partial charge in [-0.15, -0.1) is 24.0 Å². The molecule has 0 fully saturated rings. The van der Waals surface area contributed by atoms with E-state index in [1.165, 1.54) is 12.1 Å². The van der Waals surface area contributed by atoms with Crippen molar-refractivity contribution in [3.05, 3.63) is 30.1 Å². The zero-order chi connectivity index (χ0) is 15.0. The average molecular weight is 409 g/mol. The highest BCUT2D eigenvalue weighted by molar-refractivity contribution is 14.0. The van der Waals surface area contributed by atoms with Crippen LogP contribution in [0.5, 0.6) is 5.75 Å². The molecule has 1 atom stereocenters. The molecule has 0 aliphatic rings. The van der Waals surface area contributed by atoms with Crippen LogP contribution in [0.1, 0.15) is 27.7 Å². The summed E-state index contributed by atoms with van der Waals surface area (Å²) in [6.45, 7) is 9.42. The minimum absolute atomic E-state index is 0. The summed E-state index contributed by atoms with van der Waals surface area (Å²) in [6.07, 6.45) is -0.0805. The number of hydrogen-bond donors (Lipinski definition) is 2. The molecule has 1 aromatic carbocycles. The maximum atomic E-state index is 12.8. The van der Waals surface area contributed by atoms with E-state index in [0.29, 0.717) is 18.3 Å². The summed E-state index contributed by atoms with van der Waals surface area (Å²) in [5, 5.41) is 6.42. The summed E-state index contributed by atoms with van der Waals surface area (Å²) < 4.78 is 18.5. The van der Waals surface area contributed by atoms with Gasteiger partial charge in [-0.05, 0) is 52.0 Å². The Bertz CT molecular complexity index is 423. The summed E-state index contributed by atoms with van der Waals surface area (Å²) in [5.41, 5.74) is 0. The van der Waals surface area contributed by atoms with Crippen molar-refractivity contribution in [3.8, 4) is 5.75 Å². The Morgan fingerprint density at radius 1 is 1.24 bits per heavy atom. The van der Waals surface area contributed by atoms with Crippen LogP contribution in [0, 0.1) is 5.82 Å². The number of benzene rings is 1. The highest BCUT2D eigenvalue weighted by atomic mass is 127. The zero-order valence-corrected chi connectivity index (χ0v) is 15.4. The predicted molar refractivity (Wildman–Crippen MR) is 96.2 cm³/mol. The Morgan fingerprint density at radius 2 is 1.86 bits per heavy atom. The average Bonchev–Trinajstić information content (AvgIpc) is 2.38. The predicted octanol–water partition coefficient (Wildman–Crippen LogP) is 3.17. The van der Waals surface area contributed by atoms with Gasteiger partial charge in [0.15, 0.2) is 5.96 Å². The maximum absolute atomic E-state index is 12.8. The summed E-state index contributed by atoms with van der Waals surface area (Å²) in [6, 6.07) is 6.33. The fourth-order valence-corrected chi connectivity index (χ4v) is 1.60. The number of aliphatic imine (C=N–C) groups is 1. The number of nitrogens with zero attached hydrogens (tertiary/aromatic N) is 1. The SMILES string of the molecule is CCNC(=NCC(C)Oc1ccc(F)cc1)NC(C)C.I. The lowest BCUT2D eigenvalue weighted by molar-refractivity contribution is 0.230. The van der Waals surface area contributed by atoms with Crippen molar-refractivity contribution in [1.82, 2.24) is 10.6 Å². The number of halogens is 2. The van der Waals surface area contributed by atoms with E-state index in [1.54, 1.807) is 12.1 Å². The molecule has 0 radical (unpaired) electrons. The van der Waals surface area contributed by atoms with E-state index in [4.69, 9.17) is 4.74 Å². The van der Waals surface area contributed by atoms with Crippen LogP contribution in [0.3, 0.4) is 0 Å².